The van der Waals surface area contributed by atoms with E-state index in [0.717, 1.165) is 11.3 Å². The molecule has 0 fully saturated rings. The highest BCUT2D eigenvalue weighted by Crippen LogP contribution is 2.33. The molecule has 1 aliphatic rings. The van der Waals surface area contributed by atoms with Gasteiger partial charge in [-0.25, -0.2) is 0 Å². The van der Waals surface area contributed by atoms with Crippen molar-refractivity contribution in [3.05, 3.63) is 29.8 Å². The van der Waals surface area contributed by atoms with E-state index >= 15 is 0 Å². The highest BCUT2D eigenvalue weighted by molar-refractivity contribution is 5.96. The maximum atomic E-state index is 11.8. The molecule has 1 atom stereocenters. The molecule has 1 unspecified atom stereocenters. The summed E-state index contributed by atoms with van der Waals surface area (Å²) in [4.78, 5) is 24.0. The highest BCUT2D eigenvalue weighted by atomic mass is 16.4. The van der Waals surface area contributed by atoms with Crippen LogP contribution >= 0.6 is 0 Å². The molecule has 0 bridgehead atoms. The summed E-state index contributed by atoms with van der Waals surface area (Å²) in [5.41, 5.74) is 1.94. The Morgan fingerprint density at radius 1 is 1.50 bits per heavy atom. The third-order valence-corrected chi connectivity index (χ3v) is 3.16. The van der Waals surface area contributed by atoms with E-state index in [1.165, 1.54) is 0 Å². The second kappa shape index (κ2) is 5.18. The van der Waals surface area contributed by atoms with Gasteiger partial charge in [-0.05, 0) is 11.6 Å². The van der Waals surface area contributed by atoms with Crippen LogP contribution in [0.15, 0.2) is 24.3 Å². The Morgan fingerprint density at radius 2 is 2.22 bits per heavy atom. The van der Waals surface area contributed by atoms with E-state index in [1.54, 1.807) is 11.9 Å². The number of hydrogen-bond donors (Lipinski definition) is 2. The zero-order valence-corrected chi connectivity index (χ0v) is 10.2. The number of carboxylic acids is 1. The van der Waals surface area contributed by atoms with Gasteiger partial charge in [0, 0.05) is 31.7 Å². The summed E-state index contributed by atoms with van der Waals surface area (Å²) in [6, 6.07) is 7.59. The quantitative estimate of drug-likeness (QED) is 0.839. The van der Waals surface area contributed by atoms with Crippen molar-refractivity contribution in [1.29, 1.82) is 0 Å². The van der Waals surface area contributed by atoms with Crippen molar-refractivity contribution in [3.63, 3.8) is 0 Å². The van der Waals surface area contributed by atoms with Crippen molar-refractivity contribution in [2.24, 2.45) is 0 Å². The van der Waals surface area contributed by atoms with E-state index in [1.807, 2.05) is 24.3 Å². The van der Waals surface area contributed by atoms with Crippen molar-refractivity contribution < 1.29 is 14.7 Å². The molecule has 1 heterocycles. The number of carbonyl (C=O) groups is 2. The topological polar surface area (TPSA) is 69.6 Å². The largest absolute Gasteiger partial charge is 0.481 e. The lowest BCUT2D eigenvalue weighted by atomic mass is 9.96. The summed E-state index contributed by atoms with van der Waals surface area (Å²) in [5.74, 6) is -0.795. The number of rotatable bonds is 4. The van der Waals surface area contributed by atoms with Gasteiger partial charge in [0.2, 0.25) is 5.91 Å². The molecule has 2 N–H and O–H groups in total. The van der Waals surface area contributed by atoms with E-state index in [9.17, 15) is 9.59 Å². The maximum Gasteiger partial charge on any atom is 0.304 e. The number of para-hydroxylation sites is 1. The summed E-state index contributed by atoms with van der Waals surface area (Å²) < 4.78 is 0. The lowest BCUT2D eigenvalue weighted by Gasteiger charge is -2.32. The van der Waals surface area contributed by atoms with Crippen LogP contribution in [0.4, 0.5) is 5.69 Å². The average molecular weight is 248 g/mol. The van der Waals surface area contributed by atoms with Gasteiger partial charge in [-0.3, -0.25) is 9.59 Å². The van der Waals surface area contributed by atoms with Crippen LogP contribution in [0.1, 0.15) is 24.4 Å². The zero-order valence-electron chi connectivity index (χ0n) is 10.2. The smallest absolute Gasteiger partial charge is 0.304 e. The number of fused-ring (bicyclic) bond motifs is 1. The van der Waals surface area contributed by atoms with Crippen LogP contribution in [0.2, 0.25) is 0 Å². The van der Waals surface area contributed by atoms with E-state index in [4.69, 9.17) is 5.11 Å². The lowest BCUT2D eigenvalue weighted by molar-refractivity contribution is -0.136. The molecular formula is C13H16N2O3. The van der Waals surface area contributed by atoms with Crippen LogP contribution < -0.4 is 10.2 Å². The molecule has 1 aliphatic heterocycles. The van der Waals surface area contributed by atoms with Crippen molar-refractivity contribution in [3.8, 4) is 0 Å². The van der Waals surface area contributed by atoms with E-state index in [0.29, 0.717) is 13.0 Å². The van der Waals surface area contributed by atoms with E-state index in [-0.39, 0.29) is 18.4 Å². The summed E-state index contributed by atoms with van der Waals surface area (Å²) in [5, 5.41) is 11.7. The Hall–Kier alpha value is -1.88. The van der Waals surface area contributed by atoms with Gasteiger partial charge in [0.15, 0.2) is 0 Å². The number of carboxylic acid groups (broad SMARTS) is 1. The third kappa shape index (κ3) is 2.51. The summed E-state index contributed by atoms with van der Waals surface area (Å²) in [7, 11) is 1.76. The standard InChI is InChI=1S/C13H16N2O3/c1-15-11-5-3-2-4-9(11)10(8-12(15)16)14-7-6-13(17)18/h2-5,10,14H,6-8H2,1H3,(H,17,18). The fourth-order valence-electron chi connectivity index (χ4n) is 2.18. The first-order valence-electron chi connectivity index (χ1n) is 5.90. The van der Waals surface area contributed by atoms with E-state index in [2.05, 4.69) is 5.32 Å². The minimum absolute atomic E-state index is 0.0431. The van der Waals surface area contributed by atoms with Crippen molar-refractivity contribution >= 4 is 17.6 Å². The lowest BCUT2D eigenvalue weighted by Crippen LogP contribution is -2.38. The Bertz CT molecular complexity index is 473. The molecule has 0 aromatic heterocycles. The Balaban J connectivity index is 2.14. The van der Waals surface area contributed by atoms with Gasteiger partial charge in [-0.2, -0.15) is 0 Å². The van der Waals surface area contributed by atoms with Crippen LogP contribution in [-0.2, 0) is 9.59 Å². The molecule has 1 amide bonds. The number of carbonyl (C=O) groups excluding carboxylic acids is 1. The molecule has 18 heavy (non-hydrogen) atoms. The van der Waals surface area contributed by atoms with Crippen LogP contribution in [0.25, 0.3) is 0 Å². The average Bonchev–Trinajstić information content (AvgIpc) is 2.35. The summed E-state index contributed by atoms with van der Waals surface area (Å²) >= 11 is 0. The van der Waals surface area contributed by atoms with Crippen LogP contribution in [0.3, 0.4) is 0 Å². The number of aliphatic carboxylic acids is 1. The van der Waals surface area contributed by atoms with Gasteiger partial charge in [0.1, 0.15) is 0 Å². The van der Waals surface area contributed by atoms with Crippen LogP contribution in [-0.4, -0.2) is 30.6 Å². The maximum absolute atomic E-state index is 11.8. The van der Waals surface area contributed by atoms with Crippen LogP contribution in [0.5, 0.6) is 0 Å². The molecule has 0 saturated carbocycles. The molecule has 1 aromatic rings. The normalized spacial score (nSPS) is 18.6. The molecule has 1 aromatic carbocycles. The number of benzene rings is 1. The van der Waals surface area contributed by atoms with Crippen molar-refractivity contribution in [2.75, 3.05) is 18.5 Å². The number of anilines is 1. The molecule has 0 aliphatic carbocycles. The van der Waals surface area contributed by atoms with Gasteiger partial charge in [0.25, 0.3) is 0 Å². The predicted octanol–water partition coefficient (Wildman–Crippen LogP) is 1.16. The number of amides is 1. The molecule has 5 nitrogen and oxygen atoms in total. The van der Waals surface area contributed by atoms with Crippen molar-refractivity contribution in [2.45, 2.75) is 18.9 Å². The van der Waals surface area contributed by atoms with Crippen molar-refractivity contribution in [1.82, 2.24) is 5.32 Å². The second-order valence-corrected chi connectivity index (χ2v) is 4.37. The molecule has 2 rings (SSSR count). The molecule has 0 radical (unpaired) electrons. The Labute approximate surface area is 105 Å². The monoisotopic (exact) mass is 248 g/mol. The molecule has 0 saturated heterocycles. The third-order valence-electron chi connectivity index (χ3n) is 3.16. The molecule has 5 heteroatoms. The van der Waals surface area contributed by atoms with Gasteiger partial charge in [-0.15, -0.1) is 0 Å². The SMILES string of the molecule is CN1C(=O)CC(NCCC(=O)O)c2ccccc21. The number of hydrogen-bond acceptors (Lipinski definition) is 3. The fourth-order valence-corrected chi connectivity index (χ4v) is 2.18. The number of nitrogens with one attached hydrogen (secondary N) is 1. The minimum atomic E-state index is -0.838. The first-order valence-corrected chi connectivity index (χ1v) is 5.90. The second-order valence-electron chi connectivity index (χ2n) is 4.37. The Kier molecular flexibility index (Phi) is 3.62. The van der Waals surface area contributed by atoms with E-state index < -0.39 is 5.97 Å². The molecule has 0 spiro atoms. The van der Waals surface area contributed by atoms with Gasteiger partial charge in [-0.1, -0.05) is 18.2 Å². The molecule has 96 valence electrons. The number of nitrogens with zero attached hydrogens (tertiary/aromatic N) is 1. The summed E-state index contributed by atoms with van der Waals surface area (Å²) in [6.45, 7) is 0.366. The van der Waals surface area contributed by atoms with Gasteiger partial charge < -0.3 is 15.3 Å². The zero-order chi connectivity index (χ0) is 13.1. The fraction of sp³-hybridized carbons (Fsp3) is 0.385. The van der Waals surface area contributed by atoms with Gasteiger partial charge >= 0.3 is 5.97 Å². The van der Waals surface area contributed by atoms with Gasteiger partial charge in [0.05, 0.1) is 6.42 Å². The highest BCUT2D eigenvalue weighted by Gasteiger charge is 2.28. The summed E-state index contributed by atoms with van der Waals surface area (Å²) in [6.07, 6.45) is 0.426. The molecular weight excluding hydrogens is 232 g/mol. The minimum Gasteiger partial charge on any atom is -0.481 e. The Morgan fingerprint density at radius 3 is 2.94 bits per heavy atom. The predicted molar refractivity (Wildman–Crippen MR) is 67.5 cm³/mol. The van der Waals surface area contributed by atoms with Crippen LogP contribution in [0, 0.1) is 0 Å². The first kappa shape index (κ1) is 12.6. The first-order chi connectivity index (χ1) is 8.59.